The van der Waals surface area contributed by atoms with Crippen LogP contribution in [-0.4, -0.2) is 0 Å². The predicted molar refractivity (Wildman–Crippen MR) is 84.5 cm³/mol. The zero-order valence-electron chi connectivity index (χ0n) is 11.0. The fourth-order valence-electron chi connectivity index (χ4n) is 2.34. The van der Waals surface area contributed by atoms with Crippen LogP contribution in [0.2, 0.25) is 0 Å². The number of rotatable bonds is 4. The molecule has 0 heterocycles. The molecule has 0 bridgehead atoms. The maximum absolute atomic E-state index is 9.43. The molecule has 3 rings (SSSR count). The molecule has 100 valence electrons. The SMILES string of the molecule is N#CC(Nc1cccc(Br)c1)c1cccc(C2CC2)c1. The Morgan fingerprint density at radius 1 is 1.15 bits per heavy atom. The van der Waals surface area contributed by atoms with Crippen LogP contribution < -0.4 is 5.32 Å². The van der Waals surface area contributed by atoms with Gasteiger partial charge in [0.2, 0.25) is 0 Å². The number of halogens is 1. The van der Waals surface area contributed by atoms with Crippen LogP contribution in [0.5, 0.6) is 0 Å². The molecule has 1 N–H and O–H groups in total. The summed E-state index contributed by atoms with van der Waals surface area (Å²) in [6.07, 6.45) is 2.56. The Bertz CT molecular complexity index is 656. The van der Waals surface area contributed by atoms with Crippen LogP contribution in [0.25, 0.3) is 0 Å². The van der Waals surface area contributed by atoms with Crippen LogP contribution in [0.4, 0.5) is 5.69 Å². The number of nitrogens with zero attached hydrogens (tertiary/aromatic N) is 1. The fourth-order valence-corrected chi connectivity index (χ4v) is 2.74. The summed E-state index contributed by atoms with van der Waals surface area (Å²) in [6, 6.07) is 18.3. The van der Waals surface area contributed by atoms with E-state index in [2.05, 4.69) is 45.5 Å². The molecule has 0 saturated heterocycles. The molecule has 2 nitrogen and oxygen atoms in total. The molecule has 1 atom stereocenters. The zero-order chi connectivity index (χ0) is 13.9. The summed E-state index contributed by atoms with van der Waals surface area (Å²) < 4.78 is 1.01. The van der Waals surface area contributed by atoms with Crippen molar-refractivity contribution in [2.24, 2.45) is 0 Å². The second-order valence-electron chi connectivity index (χ2n) is 5.16. The van der Waals surface area contributed by atoms with E-state index in [1.54, 1.807) is 0 Å². The van der Waals surface area contributed by atoms with Gasteiger partial charge in [-0.2, -0.15) is 5.26 Å². The van der Waals surface area contributed by atoms with Gasteiger partial charge in [-0.3, -0.25) is 0 Å². The van der Waals surface area contributed by atoms with Crippen molar-refractivity contribution in [3.8, 4) is 6.07 Å². The fraction of sp³-hybridized carbons (Fsp3) is 0.235. The molecule has 1 aliphatic carbocycles. The number of hydrogen-bond donors (Lipinski definition) is 1. The molecule has 0 amide bonds. The van der Waals surface area contributed by atoms with Gasteiger partial charge in [0.15, 0.2) is 0 Å². The van der Waals surface area contributed by atoms with Gasteiger partial charge in [0, 0.05) is 10.2 Å². The van der Waals surface area contributed by atoms with Crippen molar-refractivity contribution in [2.45, 2.75) is 24.8 Å². The minimum Gasteiger partial charge on any atom is -0.366 e. The average molecular weight is 327 g/mol. The zero-order valence-corrected chi connectivity index (χ0v) is 12.6. The molecular formula is C17H15BrN2. The summed E-state index contributed by atoms with van der Waals surface area (Å²) in [6.45, 7) is 0. The average Bonchev–Trinajstić information content (AvgIpc) is 3.29. The van der Waals surface area contributed by atoms with E-state index in [0.717, 1.165) is 15.7 Å². The van der Waals surface area contributed by atoms with Crippen LogP contribution in [0.1, 0.15) is 35.9 Å². The first-order valence-corrected chi connectivity index (χ1v) is 7.57. The quantitative estimate of drug-likeness (QED) is 0.857. The Hall–Kier alpha value is -1.79. The molecular weight excluding hydrogens is 312 g/mol. The summed E-state index contributed by atoms with van der Waals surface area (Å²) >= 11 is 3.45. The Balaban J connectivity index is 1.82. The number of nitriles is 1. The van der Waals surface area contributed by atoms with Gasteiger partial charge in [0.25, 0.3) is 0 Å². The van der Waals surface area contributed by atoms with Gasteiger partial charge in [-0.05, 0) is 48.1 Å². The maximum Gasteiger partial charge on any atom is 0.140 e. The molecule has 3 heteroatoms. The van der Waals surface area contributed by atoms with Crippen molar-refractivity contribution in [2.75, 3.05) is 5.32 Å². The Morgan fingerprint density at radius 3 is 2.65 bits per heavy atom. The lowest BCUT2D eigenvalue weighted by molar-refractivity contribution is 0.984. The van der Waals surface area contributed by atoms with E-state index in [0.29, 0.717) is 5.92 Å². The molecule has 0 aromatic heterocycles. The Kier molecular flexibility index (Phi) is 3.75. The molecule has 1 fully saturated rings. The topological polar surface area (TPSA) is 35.8 Å². The third-order valence-corrected chi connectivity index (χ3v) is 4.05. The van der Waals surface area contributed by atoms with Gasteiger partial charge in [-0.15, -0.1) is 0 Å². The van der Waals surface area contributed by atoms with Crippen molar-refractivity contribution in [3.05, 3.63) is 64.1 Å². The lowest BCUT2D eigenvalue weighted by atomic mass is 10.0. The van der Waals surface area contributed by atoms with Gasteiger partial charge in [0.05, 0.1) is 6.07 Å². The first-order valence-electron chi connectivity index (χ1n) is 6.78. The third kappa shape index (κ3) is 3.02. The molecule has 0 spiro atoms. The molecule has 1 unspecified atom stereocenters. The van der Waals surface area contributed by atoms with Gasteiger partial charge in [0.1, 0.15) is 6.04 Å². The second-order valence-corrected chi connectivity index (χ2v) is 6.08. The lowest BCUT2D eigenvalue weighted by Crippen LogP contribution is -2.08. The van der Waals surface area contributed by atoms with E-state index in [-0.39, 0.29) is 6.04 Å². The number of nitrogens with one attached hydrogen (secondary N) is 1. The minimum absolute atomic E-state index is 0.317. The summed E-state index contributed by atoms with van der Waals surface area (Å²) in [5, 5.41) is 12.7. The third-order valence-electron chi connectivity index (χ3n) is 3.56. The van der Waals surface area contributed by atoms with Crippen molar-refractivity contribution in [3.63, 3.8) is 0 Å². The van der Waals surface area contributed by atoms with Crippen LogP contribution in [0.15, 0.2) is 53.0 Å². The van der Waals surface area contributed by atoms with Gasteiger partial charge >= 0.3 is 0 Å². The van der Waals surface area contributed by atoms with Crippen molar-refractivity contribution >= 4 is 21.6 Å². The molecule has 0 aliphatic heterocycles. The molecule has 1 saturated carbocycles. The molecule has 20 heavy (non-hydrogen) atoms. The first kappa shape index (κ1) is 13.2. The number of benzene rings is 2. The van der Waals surface area contributed by atoms with Crippen molar-refractivity contribution in [1.82, 2.24) is 0 Å². The standard InChI is InChI=1S/C17H15BrN2/c18-15-5-2-6-16(10-15)20-17(11-19)14-4-1-3-13(9-14)12-7-8-12/h1-6,9-10,12,17,20H,7-8H2. The van der Waals surface area contributed by atoms with Crippen LogP contribution in [0, 0.1) is 11.3 Å². The first-order chi connectivity index (χ1) is 9.76. The van der Waals surface area contributed by atoms with Gasteiger partial charge in [-0.1, -0.05) is 46.3 Å². The van der Waals surface area contributed by atoms with E-state index in [9.17, 15) is 5.26 Å². The second kappa shape index (κ2) is 5.68. The van der Waals surface area contributed by atoms with E-state index in [1.807, 2.05) is 30.3 Å². The summed E-state index contributed by atoms with van der Waals surface area (Å²) in [7, 11) is 0. The maximum atomic E-state index is 9.43. The summed E-state index contributed by atoms with van der Waals surface area (Å²) in [4.78, 5) is 0. The van der Waals surface area contributed by atoms with Gasteiger partial charge < -0.3 is 5.32 Å². The van der Waals surface area contributed by atoms with E-state index >= 15 is 0 Å². The lowest BCUT2D eigenvalue weighted by Gasteiger charge is -2.14. The monoisotopic (exact) mass is 326 g/mol. The Labute approximate surface area is 127 Å². The number of anilines is 1. The largest absolute Gasteiger partial charge is 0.366 e. The molecule has 0 radical (unpaired) electrons. The van der Waals surface area contributed by atoms with E-state index in [4.69, 9.17) is 0 Å². The van der Waals surface area contributed by atoms with Crippen molar-refractivity contribution in [1.29, 1.82) is 5.26 Å². The highest BCUT2D eigenvalue weighted by atomic mass is 79.9. The molecule has 2 aromatic rings. The van der Waals surface area contributed by atoms with Gasteiger partial charge in [-0.25, -0.2) is 0 Å². The van der Waals surface area contributed by atoms with Crippen LogP contribution in [-0.2, 0) is 0 Å². The molecule has 2 aromatic carbocycles. The normalized spacial score (nSPS) is 15.4. The summed E-state index contributed by atoms with van der Waals surface area (Å²) in [5.41, 5.74) is 3.35. The van der Waals surface area contributed by atoms with Crippen LogP contribution in [0.3, 0.4) is 0 Å². The molecule has 1 aliphatic rings. The highest BCUT2D eigenvalue weighted by molar-refractivity contribution is 9.10. The van der Waals surface area contributed by atoms with E-state index in [1.165, 1.54) is 18.4 Å². The smallest absolute Gasteiger partial charge is 0.140 e. The minimum atomic E-state index is -0.317. The van der Waals surface area contributed by atoms with Crippen molar-refractivity contribution < 1.29 is 0 Å². The van der Waals surface area contributed by atoms with Crippen LogP contribution >= 0.6 is 15.9 Å². The number of hydrogen-bond acceptors (Lipinski definition) is 2. The Morgan fingerprint density at radius 2 is 1.95 bits per heavy atom. The summed E-state index contributed by atoms with van der Waals surface area (Å²) in [5.74, 6) is 0.708. The highest BCUT2D eigenvalue weighted by Crippen LogP contribution is 2.40. The van der Waals surface area contributed by atoms with E-state index < -0.39 is 0 Å². The highest BCUT2D eigenvalue weighted by Gasteiger charge is 2.24. The predicted octanol–water partition coefficient (Wildman–Crippen LogP) is 5.00.